The summed E-state index contributed by atoms with van der Waals surface area (Å²) in [5.41, 5.74) is 5.62. The maximum Gasteiger partial charge on any atom is 0.289 e. The van der Waals surface area contributed by atoms with Gasteiger partial charge in [-0.2, -0.15) is 10.2 Å². The number of phenolic OH excluding ortho intramolecular Hbond substituents is 2. The van der Waals surface area contributed by atoms with Crippen molar-refractivity contribution >= 4 is 12.1 Å². The molecule has 0 saturated heterocycles. The number of nitrogens with zero attached hydrogens (tertiary/aromatic N) is 2. The van der Waals surface area contributed by atoms with Crippen LogP contribution in [0.15, 0.2) is 47.6 Å². The van der Waals surface area contributed by atoms with Crippen molar-refractivity contribution in [2.24, 2.45) is 5.10 Å². The second-order valence-corrected chi connectivity index (χ2v) is 5.83. The van der Waals surface area contributed by atoms with Crippen molar-refractivity contribution in [3.8, 4) is 22.8 Å². The third-order valence-corrected chi connectivity index (χ3v) is 4.02. The Morgan fingerprint density at radius 1 is 1.19 bits per heavy atom. The first-order valence-corrected chi connectivity index (χ1v) is 7.93. The van der Waals surface area contributed by atoms with Crippen LogP contribution in [0.5, 0.6) is 11.5 Å². The lowest BCUT2D eigenvalue weighted by Gasteiger charge is -2.08. The minimum Gasteiger partial charge on any atom is -0.508 e. The summed E-state index contributed by atoms with van der Waals surface area (Å²) in [6.45, 7) is 3.32. The van der Waals surface area contributed by atoms with Crippen LogP contribution in [0.25, 0.3) is 11.3 Å². The highest BCUT2D eigenvalue weighted by molar-refractivity contribution is 5.94. The molecule has 2 aromatic carbocycles. The van der Waals surface area contributed by atoms with Crippen LogP contribution in [0, 0.1) is 13.8 Å². The van der Waals surface area contributed by atoms with E-state index in [1.54, 1.807) is 19.9 Å². The Kier molecular flexibility index (Phi) is 4.70. The van der Waals surface area contributed by atoms with E-state index in [0.717, 1.165) is 5.56 Å². The molecule has 1 heterocycles. The van der Waals surface area contributed by atoms with Gasteiger partial charge in [0, 0.05) is 16.7 Å². The number of nitrogens with one attached hydrogen (secondary N) is 2. The van der Waals surface area contributed by atoms with Crippen molar-refractivity contribution < 1.29 is 15.0 Å². The molecule has 0 spiro atoms. The zero-order chi connectivity index (χ0) is 18.7. The number of H-pyrrole nitrogens is 1. The Bertz CT molecular complexity index is 978. The molecular weight excluding hydrogens is 332 g/mol. The van der Waals surface area contributed by atoms with Gasteiger partial charge in [-0.25, -0.2) is 5.43 Å². The third kappa shape index (κ3) is 3.41. The maximum atomic E-state index is 12.2. The molecule has 1 amide bonds. The van der Waals surface area contributed by atoms with Gasteiger partial charge in [0.1, 0.15) is 17.2 Å². The molecule has 0 fully saturated rings. The second-order valence-electron chi connectivity index (χ2n) is 5.83. The number of amides is 1. The lowest BCUT2D eigenvalue weighted by atomic mass is 10.0. The normalized spacial score (nSPS) is 11.0. The van der Waals surface area contributed by atoms with Gasteiger partial charge in [-0.1, -0.05) is 30.3 Å². The summed E-state index contributed by atoms with van der Waals surface area (Å²) in [4.78, 5) is 12.2. The van der Waals surface area contributed by atoms with E-state index in [1.165, 1.54) is 12.3 Å². The largest absolute Gasteiger partial charge is 0.508 e. The van der Waals surface area contributed by atoms with Gasteiger partial charge < -0.3 is 10.2 Å². The number of carbonyl (C=O) groups is 1. The summed E-state index contributed by atoms with van der Waals surface area (Å²) >= 11 is 0. The van der Waals surface area contributed by atoms with Gasteiger partial charge in [0.15, 0.2) is 0 Å². The number of aromatic hydroxyl groups is 2. The molecule has 0 unspecified atom stereocenters. The van der Waals surface area contributed by atoms with Crippen molar-refractivity contribution in [2.75, 3.05) is 0 Å². The first-order chi connectivity index (χ1) is 12.5. The SMILES string of the molecule is Cc1cc(O)c(C)c(O)c1/C=N/NC(=O)c1cc(-c2ccccc2)n[nH]1. The molecule has 0 aliphatic carbocycles. The van der Waals surface area contributed by atoms with E-state index in [4.69, 9.17) is 0 Å². The number of hydrogen-bond donors (Lipinski definition) is 4. The molecular formula is C19H18N4O3. The molecule has 3 rings (SSSR count). The Hall–Kier alpha value is -3.61. The van der Waals surface area contributed by atoms with Crippen LogP contribution >= 0.6 is 0 Å². The van der Waals surface area contributed by atoms with Crippen LogP contribution in [0.1, 0.15) is 27.2 Å². The van der Waals surface area contributed by atoms with E-state index in [-0.39, 0.29) is 17.2 Å². The van der Waals surface area contributed by atoms with E-state index < -0.39 is 5.91 Å². The molecule has 7 heteroatoms. The molecule has 1 aromatic heterocycles. The molecule has 0 aliphatic heterocycles. The molecule has 0 radical (unpaired) electrons. The Balaban J connectivity index is 1.73. The molecule has 0 aliphatic rings. The van der Waals surface area contributed by atoms with Crippen LogP contribution in [-0.4, -0.2) is 32.5 Å². The number of benzene rings is 2. The van der Waals surface area contributed by atoms with Crippen molar-refractivity contribution in [1.82, 2.24) is 15.6 Å². The lowest BCUT2D eigenvalue weighted by Crippen LogP contribution is -2.18. The fourth-order valence-corrected chi connectivity index (χ4v) is 2.47. The second kappa shape index (κ2) is 7.10. The van der Waals surface area contributed by atoms with Gasteiger partial charge in [-0.15, -0.1) is 0 Å². The highest BCUT2D eigenvalue weighted by atomic mass is 16.3. The highest BCUT2D eigenvalue weighted by Gasteiger charge is 2.12. The first kappa shape index (κ1) is 17.2. The summed E-state index contributed by atoms with van der Waals surface area (Å²) < 4.78 is 0. The Morgan fingerprint density at radius 3 is 2.65 bits per heavy atom. The summed E-state index contributed by atoms with van der Waals surface area (Å²) in [5, 5.41) is 30.4. The summed E-state index contributed by atoms with van der Waals surface area (Å²) in [7, 11) is 0. The quantitative estimate of drug-likeness (QED) is 0.428. The highest BCUT2D eigenvalue weighted by Crippen LogP contribution is 2.31. The maximum absolute atomic E-state index is 12.2. The smallest absolute Gasteiger partial charge is 0.289 e. The number of phenols is 2. The summed E-state index contributed by atoms with van der Waals surface area (Å²) in [6.07, 6.45) is 1.34. The number of hydrogen-bond acceptors (Lipinski definition) is 5. The van der Waals surface area contributed by atoms with Gasteiger partial charge in [0.2, 0.25) is 0 Å². The molecule has 7 nitrogen and oxygen atoms in total. The topological polar surface area (TPSA) is 111 Å². The van der Waals surface area contributed by atoms with Gasteiger partial charge in [-0.05, 0) is 31.5 Å². The van der Waals surface area contributed by atoms with Crippen LogP contribution < -0.4 is 5.43 Å². The first-order valence-electron chi connectivity index (χ1n) is 7.93. The standard InChI is InChI=1S/C19H18N4O3/c1-11-8-17(24)12(2)18(25)14(11)10-20-23-19(26)16-9-15(21-22-16)13-6-4-3-5-7-13/h3-10,24-25H,1-2H3,(H,21,22)(H,23,26)/b20-10+. The van der Waals surface area contributed by atoms with Crippen LogP contribution in [0.4, 0.5) is 0 Å². The van der Waals surface area contributed by atoms with Gasteiger partial charge in [-0.3, -0.25) is 9.89 Å². The van der Waals surface area contributed by atoms with Crippen molar-refractivity contribution in [1.29, 1.82) is 0 Å². The minimum atomic E-state index is -0.455. The molecule has 132 valence electrons. The Labute approximate surface area is 150 Å². The molecule has 4 N–H and O–H groups in total. The third-order valence-electron chi connectivity index (χ3n) is 4.02. The van der Waals surface area contributed by atoms with Crippen molar-refractivity contribution in [3.63, 3.8) is 0 Å². The minimum absolute atomic E-state index is 0.00656. The predicted octanol–water partition coefficient (Wildman–Crippen LogP) is 2.87. The van der Waals surface area contributed by atoms with Crippen molar-refractivity contribution in [3.05, 3.63) is 64.8 Å². The fraction of sp³-hybridized carbons (Fsp3) is 0.105. The molecule has 3 aromatic rings. The molecule has 0 atom stereocenters. The van der Waals surface area contributed by atoms with E-state index in [9.17, 15) is 15.0 Å². The average molecular weight is 350 g/mol. The lowest BCUT2D eigenvalue weighted by molar-refractivity contribution is 0.0950. The average Bonchev–Trinajstić information content (AvgIpc) is 3.13. The van der Waals surface area contributed by atoms with Gasteiger partial charge >= 0.3 is 0 Å². The van der Waals surface area contributed by atoms with E-state index >= 15 is 0 Å². The van der Waals surface area contributed by atoms with Crippen molar-refractivity contribution in [2.45, 2.75) is 13.8 Å². The van der Waals surface area contributed by atoms with Gasteiger partial charge in [0.25, 0.3) is 5.91 Å². The van der Waals surface area contributed by atoms with Gasteiger partial charge in [0.05, 0.1) is 11.9 Å². The zero-order valence-corrected chi connectivity index (χ0v) is 14.3. The number of aromatic nitrogens is 2. The molecule has 0 bridgehead atoms. The number of carbonyl (C=O) groups excluding carboxylic acids is 1. The van der Waals surface area contributed by atoms with E-state index in [0.29, 0.717) is 22.4 Å². The monoisotopic (exact) mass is 350 g/mol. The van der Waals surface area contributed by atoms with Crippen LogP contribution in [-0.2, 0) is 0 Å². The predicted molar refractivity (Wildman–Crippen MR) is 98.3 cm³/mol. The summed E-state index contributed by atoms with van der Waals surface area (Å²) in [6, 6.07) is 12.6. The van der Waals surface area contributed by atoms with Crippen LogP contribution in [0.2, 0.25) is 0 Å². The van der Waals surface area contributed by atoms with Crippen LogP contribution in [0.3, 0.4) is 0 Å². The number of rotatable bonds is 4. The summed E-state index contributed by atoms with van der Waals surface area (Å²) in [5.74, 6) is -0.524. The number of aromatic amines is 1. The molecule has 0 saturated carbocycles. The zero-order valence-electron chi connectivity index (χ0n) is 14.3. The van der Waals surface area contributed by atoms with E-state index in [1.807, 2.05) is 30.3 Å². The fourth-order valence-electron chi connectivity index (χ4n) is 2.47. The molecule has 26 heavy (non-hydrogen) atoms. The number of aryl methyl sites for hydroxylation is 1. The Morgan fingerprint density at radius 2 is 1.92 bits per heavy atom. The number of hydrazone groups is 1. The van der Waals surface area contributed by atoms with E-state index in [2.05, 4.69) is 20.7 Å².